The number of aliphatic hydroxyl groups excluding tert-OH is 2. The number of fused-ring (bicyclic) bond motifs is 1. The van der Waals surface area contributed by atoms with Gasteiger partial charge in [0.2, 0.25) is 5.91 Å². The lowest BCUT2D eigenvalue weighted by Crippen LogP contribution is -2.34. The van der Waals surface area contributed by atoms with Crippen LogP contribution in [0, 0.1) is 16.6 Å². The van der Waals surface area contributed by atoms with Crippen molar-refractivity contribution in [3.8, 4) is 17.2 Å². The fraction of sp³-hybridized carbons (Fsp3) is 0.371. The first-order valence-corrected chi connectivity index (χ1v) is 15.6. The lowest BCUT2D eigenvalue weighted by molar-refractivity contribution is -0.122. The van der Waals surface area contributed by atoms with Gasteiger partial charge in [-0.15, -0.1) is 0 Å². The van der Waals surface area contributed by atoms with Crippen LogP contribution in [0.15, 0.2) is 79.0 Å². The van der Waals surface area contributed by atoms with Crippen molar-refractivity contribution in [1.82, 2.24) is 9.88 Å². The Morgan fingerprint density at radius 1 is 1.02 bits per heavy atom. The first-order valence-electron chi connectivity index (χ1n) is 15.6. The van der Waals surface area contributed by atoms with E-state index in [-0.39, 0.29) is 36.4 Å². The zero-order valence-electron chi connectivity index (χ0n) is 25.3. The zero-order chi connectivity index (χ0) is 31.7. The highest BCUT2D eigenvalue weighted by molar-refractivity contribution is 5.97. The molecule has 4 aromatic rings. The molecule has 3 aromatic carbocycles. The van der Waals surface area contributed by atoms with Crippen LogP contribution in [0.25, 0.3) is 10.9 Å². The number of carbonyl (C=O) groups excluding carboxylic acids is 1. The fourth-order valence-corrected chi connectivity index (χ4v) is 6.06. The Labute approximate surface area is 266 Å². The summed E-state index contributed by atoms with van der Waals surface area (Å²) in [5.41, 5.74) is 3.96. The number of hydrogen-bond donors (Lipinski definition) is 4. The van der Waals surface area contributed by atoms with E-state index in [2.05, 4.69) is 20.7 Å². The maximum Gasteiger partial charge on any atom is 0.233 e. The number of likely N-dealkylation sites (tertiary alicyclic amines) is 1. The highest BCUT2D eigenvalue weighted by Gasteiger charge is 2.54. The van der Waals surface area contributed by atoms with E-state index in [1.807, 2.05) is 30.3 Å². The van der Waals surface area contributed by atoms with Crippen LogP contribution >= 0.6 is 0 Å². The summed E-state index contributed by atoms with van der Waals surface area (Å²) in [7, 11) is 0. The van der Waals surface area contributed by atoms with E-state index in [9.17, 15) is 15.0 Å². The van der Waals surface area contributed by atoms with Crippen LogP contribution in [-0.2, 0) is 9.63 Å². The Bertz CT molecular complexity index is 1710. The van der Waals surface area contributed by atoms with Crippen LogP contribution < -0.4 is 20.3 Å². The van der Waals surface area contributed by atoms with Crippen LogP contribution in [0.2, 0.25) is 0 Å². The predicted octanol–water partition coefficient (Wildman–Crippen LogP) is 5.13. The van der Waals surface area contributed by atoms with Gasteiger partial charge in [0.15, 0.2) is 11.6 Å². The Kier molecular flexibility index (Phi) is 8.24. The topological polar surface area (TPSA) is 125 Å². The van der Waals surface area contributed by atoms with E-state index in [0.717, 1.165) is 25.1 Å². The summed E-state index contributed by atoms with van der Waals surface area (Å²) in [4.78, 5) is 25.1. The summed E-state index contributed by atoms with van der Waals surface area (Å²) in [6, 6.07) is 20.7. The van der Waals surface area contributed by atoms with Crippen molar-refractivity contribution in [3.05, 3.63) is 84.8 Å². The number of amides is 1. The molecule has 3 aliphatic rings. The van der Waals surface area contributed by atoms with Crippen molar-refractivity contribution in [2.75, 3.05) is 43.6 Å². The summed E-state index contributed by atoms with van der Waals surface area (Å²) < 4.78 is 26.9. The lowest BCUT2D eigenvalue weighted by atomic mass is 10.0. The Morgan fingerprint density at radius 3 is 2.59 bits per heavy atom. The molecule has 11 heteroatoms. The highest BCUT2D eigenvalue weighted by Crippen LogP contribution is 2.52. The largest absolute Gasteiger partial charge is 0.491 e. The Hall–Kier alpha value is -4.29. The summed E-state index contributed by atoms with van der Waals surface area (Å²) in [6.45, 7) is 2.15. The second kappa shape index (κ2) is 12.5. The molecular weight excluding hydrogens is 591 g/mol. The third-order valence-corrected chi connectivity index (χ3v) is 9.21. The molecule has 4 N–H and O–H groups in total. The molecule has 1 aromatic heterocycles. The number of benzene rings is 3. The number of halogens is 1. The molecule has 2 aliphatic carbocycles. The average molecular weight is 629 g/mol. The van der Waals surface area contributed by atoms with Gasteiger partial charge in [-0.25, -0.2) is 4.39 Å². The number of nitrogens with one attached hydrogen (secondary N) is 2. The number of ether oxygens (including phenoxy) is 2. The Balaban J connectivity index is 0.932. The molecule has 3 fully saturated rings. The van der Waals surface area contributed by atoms with E-state index in [0.29, 0.717) is 54.0 Å². The van der Waals surface area contributed by atoms with Gasteiger partial charge in [-0.3, -0.25) is 25.0 Å². The van der Waals surface area contributed by atoms with Crippen molar-refractivity contribution in [2.24, 2.45) is 10.8 Å². The molecule has 7 rings (SSSR count). The molecular formula is C35H37FN4O6. The summed E-state index contributed by atoms with van der Waals surface area (Å²) in [5.74, 6) is 0.112. The molecule has 10 nitrogen and oxygen atoms in total. The monoisotopic (exact) mass is 628 g/mol. The molecule has 2 unspecified atom stereocenters. The third-order valence-electron chi connectivity index (χ3n) is 9.21. The molecule has 2 saturated carbocycles. The molecule has 1 spiro atoms. The number of anilines is 2. The van der Waals surface area contributed by atoms with Gasteiger partial charge in [-0.2, -0.15) is 0 Å². The number of aliphatic hydroxyl groups is 2. The van der Waals surface area contributed by atoms with Crippen molar-refractivity contribution >= 4 is 28.2 Å². The number of β-amino-alcohol motifs (C(OH)–C–C–N with tert-alkyl or cyclic N) is 2. The normalized spacial score (nSPS) is 19.9. The lowest BCUT2D eigenvalue weighted by Gasteiger charge is -2.20. The van der Waals surface area contributed by atoms with Gasteiger partial charge in [-0.1, -0.05) is 18.2 Å². The summed E-state index contributed by atoms with van der Waals surface area (Å²) >= 11 is 0. The van der Waals surface area contributed by atoms with Gasteiger partial charge < -0.3 is 25.0 Å². The molecule has 2 atom stereocenters. The van der Waals surface area contributed by atoms with E-state index in [4.69, 9.17) is 14.3 Å². The van der Waals surface area contributed by atoms with Crippen LogP contribution in [0.3, 0.4) is 0 Å². The summed E-state index contributed by atoms with van der Waals surface area (Å²) in [6.07, 6.45) is 4.03. The second-order valence-corrected chi connectivity index (χ2v) is 12.8. The molecule has 2 heterocycles. The van der Waals surface area contributed by atoms with E-state index >= 15 is 4.39 Å². The minimum absolute atomic E-state index is 0.00508. The molecule has 46 heavy (non-hydrogen) atoms. The number of rotatable bonds is 13. The quantitative estimate of drug-likeness (QED) is 0.149. The number of aromatic nitrogens is 1. The number of pyridine rings is 1. The molecule has 0 bridgehead atoms. The van der Waals surface area contributed by atoms with E-state index in [1.165, 1.54) is 12.1 Å². The van der Waals surface area contributed by atoms with Crippen LogP contribution in [-0.4, -0.2) is 71.1 Å². The average Bonchev–Trinajstić information content (AvgIpc) is 3.98. The number of nitrogens with zero attached hydrogens (tertiary/aromatic N) is 2. The minimum Gasteiger partial charge on any atom is -0.491 e. The minimum atomic E-state index is -0.699. The second-order valence-electron chi connectivity index (χ2n) is 12.8. The number of para-hydroxylation sites is 1. The fourth-order valence-electron chi connectivity index (χ4n) is 6.06. The molecule has 0 radical (unpaired) electrons. The maximum absolute atomic E-state index is 15.2. The standard InChI is InChI=1S/C35H37FN4O6/c36-28-16-24(38-33(43)35(13-14-35)22-45-39-23-4-2-1-3-5-23)6-9-31(28)46-30-10-15-37-29-17-26(7-8-27(29)30)44-20-25(41)18-40-19-32(42)34(21-40)11-12-34/h1-10,15-17,25,32,39,41-42H,11-14,18-22H2,(H,38,43). The van der Waals surface area contributed by atoms with Gasteiger partial charge >= 0.3 is 0 Å². The van der Waals surface area contributed by atoms with Crippen molar-refractivity contribution in [3.63, 3.8) is 0 Å². The molecule has 1 amide bonds. The zero-order valence-corrected chi connectivity index (χ0v) is 25.3. The molecule has 1 aliphatic heterocycles. The van der Waals surface area contributed by atoms with Crippen LogP contribution in [0.5, 0.6) is 17.2 Å². The van der Waals surface area contributed by atoms with Gasteiger partial charge in [0, 0.05) is 54.5 Å². The van der Waals surface area contributed by atoms with E-state index < -0.39 is 17.3 Å². The summed E-state index contributed by atoms with van der Waals surface area (Å²) in [5, 5.41) is 24.3. The van der Waals surface area contributed by atoms with Crippen LogP contribution in [0.1, 0.15) is 25.7 Å². The predicted molar refractivity (Wildman–Crippen MR) is 170 cm³/mol. The van der Waals surface area contributed by atoms with Crippen LogP contribution in [0.4, 0.5) is 15.8 Å². The van der Waals surface area contributed by atoms with Gasteiger partial charge in [0.25, 0.3) is 0 Å². The third kappa shape index (κ3) is 6.63. The first-order chi connectivity index (χ1) is 22.3. The number of carbonyl (C=O) groups is 1. The van der Waals surface area contributed by atoms with Gasteiger partial charge in [0.1, 0.15) is 24.2 Å². The SMILES string of the molecule is O=C(Nc1ccc(Oc2ccnc3cc(OCC(O)CN4CC(O)C5(CC5)C4)ccc23)c(F)c1)C1(CONc2ccccc2)CC1. The maximum atomic E-state index is 15.2. The highest BCUT2D eigenvalue weighted by atomic mass is 19.1. The smallest absolute Gasteiger partial charge is 0.233 e. The van der Waals surface area contributed by atoms with Crippen molar-refractivity contribution < 1.29 is 33.7 Å². The Morgan fingerprint density at radius 2 is 1.85 bits per heavy atom. The molecule has 1 saturated heterocycles. The molecule has 240 valence electrons. The van der Waals surface area contributed by atoms with Crippen molar-refractivity contribution in [2.45, 2.75) is 37.9 Å². The van der Waals surface area contributed by atoms with Gasteiger partial charge in [-0.05, 0) is 68.1 Å². The van der Waals surface area contributed by atoms with Crippen molar-refractivity contribution in [1.29, 1.82) is 0 Å². The van der Waals surface area contributed by atoms with Gasteiger partial charge in [0.05, 0.1) is 29.3 Å². The number of hydrogen-bond acceptors (Lipinski definition) is 9. The first kappa shape index (κ1) is 30.4. The van der Waals surface area contributed by atoms with E-state index in [1.54, 1.807) is 36.5 Å².